The molecule has 6 heteroatoms. The molecule has 0 saturated heterocycles. The number of methoxy groups -OCH3 is 1. The third kappa shape index (κ3) is 3.50. The van der Waals surface area contributed by atoms with E-state index < -0.39 is 0 Å². The predicted octanol–water partition coefficient (Wildman–Crippen LogP) is 2.12. The SMILES string of the molecule is COCCn1ncc(Cl)c1C(=O)CCSC. The van der Waals surface area contributed by atoms with Crippen LogP contribution in [0.25, 0.3) is 0 Å². The van der Waals surface area contributed by atoms with Gasteiger partial charge in [-0.3, -0.25) is 9.48 Å². The number of hydrogen-bond acceptors (Lipinski definition) is 4. The van der Waals surface area contributed by atoms with Crippen molar-refractivity contribution >= 4 is 29.1 Å². The lowest BCUT2D eigenvalue weighted by Gasteiger charge is -2.06. The van der Waals surface area contributed by atoms with Gasteiger partial charge in [-0.15, -0.1) is 0 Å². The molecular formula is C10H15ClN2O2S. The lowest BCUT2D eigenvalue weighted by Crippen LogP contribution is -2.14. The number of halogens is 1. The zero-order valence-corrected chi connectivity index (χ0v) is 11.0. The molecular weight excluding hydrogens is 248 g/mol. The Bertz CT molecular complexity index is 355. The molecule has 0 saturated carbocycles. The minimum atomic E-state index is 0.0351. The third-order valence-corrected chi connectivity index (χ3v) is 2.99. The Morgan fingerprint density at radius 1 is 1.69 bits per heavy atom. The topological polar surface area (TPSA) is 44.1 Å². The molecule has 0 amide bonds. The van der Waals surface area contributed by atoms with E-state index in [1.54, 1.807) is 23.6 Å². The van der Waals surface area contributed by atoms with Crippen molar-refractivity contribution in [2.45, 2.75) is 13.0 Å². The van der Waals surface area contributed by atoms with Crippen molar-refractivity contribution in [3.05, 3.63) is 16.9 Å². The molecule has 0 atom stereocenters. The van der Waals surface area contributed by atoms with Crippen LogP contribution in [-0.4, -0.2) is 41.3 Å². The summed E-state index contributed by atoms with van der Waals surface area (Å²) in [6.45, 7) is 1.06. The van der Waals surface area contributed by atoms with Gasteiger partial charge in [0.1, 0.15) is 5.69 Å². The van der Waals surface area contributed by atoms with Gasteiger partial charge in [-0.2, -0.15) is 16.9 Å². The molecule has 1 rings (SSSR count). The minimum Gasteiger partial charge on any atom is -0.383 e. The van der Waals surface area contributed by atoms with Crippen LogP contribution in [0.2, 0.25) is 5.02 Å². The predicted molar refractivity (Wildman–Crippen MR) is 66.4 cm³/mol. The number of Topliss-reactive ketones (excluding diaryl/α,β-unsaturated/α-hetero) is 1. The summed E-state index contributed by atoms with van der Waals surface area (Å²) in [4.78, 5) is 11.9. The Morgan fingerprint density at radius 3 is 3.06 bits per heavy atom. The molecule has 4 nitrogen and oxygen atoms in total. The molecule has 1 aromatic heterocycles. The van der Waals surface area contributed by atoms with Crippen molar-refractivity contribution < 1.29 is 9.53 Å². The fourth-order valence-electron chi connectivity index (χ4n) is 1.30. The number of nitrogens with zero attached hydrogens (tertiary/aromatic N) is 2. The molecule has 0 fully saturated rings. The van der Waals surface area contributed by atoms with Gasteiger partial charge >= 0.3 is 0 Å². The first-order valence-electron chi connectivity index (χ1n) is 4.93. The fourth-order valence-corrected chi connectivity index (χ4v) is 1.94. The second kappa shape index (κ2) is 6.93. The Morgan fingerprint density at radius 2 is 2.44 bits per heavy atom. The smallest absolute Gasteiger partial charge is 0.183 e. The molecule has 0 unspecified atom stereocenters. The highest BCUT2D eigenvalue weighted by atomic mass is 35.5. The van der Waals surface area contributed by atoms with Crippen LogP contribution in [0.3, 0.4) is 0 Å². The van der Waals surface area contributed by atoms with Crippen molar-refractivity contribution in [2.24, 2.45) is 0 Å². The Labute approximate surface area is 104 Å². The van der Waals surface area contributed by atoms with Crippen LogP contribution in [0.1, 0.15) is 16.9 Å². The van der Waals surface area contributed by atoms with Gasteiger partial charge < -0.3 is 4.74 Å². The van der Waals surface area contributed by atoms with Gasteiger partial charge in [0, 0.05) is 19.3 Å². The number of ether oxygens (including phenoxy) is 1. The molecule has 90 valence electrons. The van der Waals surface area contributed by atoms with E-state index in [4.69, 9.17) is 16.3 Å². The molecule has 0 aliphatic carbocycles. The second-order valence-corrected chi connectivity index (χ2v) is 4.62. The lowest BCUT2D eigenvalue weighted by atomic mass is 10.2. The van der Waals surface area contributed by atoms with Crippen LogP contribution in [0.5, 0.6) is 0 Å². The van der Waals surface area contributed by atoms with E-state index in [9.17, 15) is 4.79 Å². The molecule has 0 aromatic carbocycles. The summed E-state index contributed by atoms with van der Waals surface area (Å²) in [7, 11) is 1.61. The van der Waals surface area contributed by atoms with Gasteiger partial charge in [-0.25, -0.2) is 0 Å². The number of carbonyl (C=O) groups excluding carboxylic acids is 1. The van der Waals surface area contributed by atoms with Gasteiger partial charge in [0.15, 0.2) is 5.78 Å². The standard InChI is InChI=1S/C10H15ClN2O2S/c1-15-5-4-13-10(8(11)7-12-13)9(14)3-6-16-2/h7H,3-6H2,1-2H3. The number of ketones is 1. The third-order valence-electron chi connectivity index (χ3n) is 2.10. The van der Waals surface area contributed by atoms with Gasteiger partial charge in [0.25, 0.3) is 0 Å². The van der Waals surface area contributed by atoms with E-state index in [-0.39, 0.29) is 5.78 Å². The molecule has 0 aliphatic rings. The van der Waals surface area contributed by atoms with Crippen LogP contribution in [0, 0.1) is 0 Å². The number of carbonyl (C=O) groups is 1. The quantitative estimate of drug-likeness (QED) is 0.706. The van der Waals surface area contributed by atoms with E-state index in [2.05, 4.69) is 5.10 Å². The normalized spacial score (nSPS) is 10.7. The zero-order chi connectivity index (χ0) is 12.0. The molecule has 1 heterocycles. The van der Waals surface area contributed by atoms with Crippen LogP contribution < -0.4 is 0 Å². The van der Waals surface area contributed by atoms with Crippen molar-refractivity contribution in [1.82, 2.24) is 9.78 Å². The summed E-state index contributed by atoms with van der Waals surface area (Å²) in [6.07, 6.45) is 3.96. The van der Waals surface area contributed by atoms with Crippen molar-refractivity contribution in [1.29, 1.82) is 0 Å². The van der Waals surface area contributed by atoms with E-state index >= 15 is 0 Å². The number of thioether (sulfide) groups is 1. The average molecular weight is 263 g/mol. The first-order chi connectivity index (χ1) is 7.70. The Hall–Kier alpha value is -0.520. The number of rotatable bonds is 7. The monoisotopic (exact) mass is 262 g/mol. The van der Waals surface area contributed by atoms with Crippen LogP contribution in [-0.2, 0) is 11.3 Å². The lowest BCUT2D eigenvalue weighted by molar-refractivity contribution is 0.0975. The van der Waals surface area contributed by atoms with Crippen molar-refractivity contribution in [3.8, 4) is 0 Å². The maximum absolute atomic E-state index is 11.9. The molecule has 1 aromatic rings. The summed E-state index contributed by atoms with van der Waals surface area (Å²) in [5.41, 5.74) is 0.493. The van der Waals surface area contributed by atoms with Crippen LogP contribution in [0.4, 0.5) is 0 Å². The number of hydrogen-bond donors (Lipinski definition) is 0. The molecule has 16 heavy (non-hydrogen) atoms. The van der Waals surface area contributed by atoms with Crippen molar-refractivity contribution in [2.75, 3.05) is 25.7 Å². The summed E-state index contributed by atoms with van der Waals surface area (Å²) in [6, 6.07) is 0. The maximum atomic E-state index is 11.9. The van der Waals surface area contributed by atoms with E-state index in [0.29, 0.717) is 30.3 Å². The van der Waals surface area contributed by atoms with E-state index in [0.717, 1.165) is 5.75 Å². The van der Waals surface area contributed by atoms with Gasteiger partial charge in [0.2, 0.25) is 0 Å². The molecule has 0 aliphatic heterocycles. The highest BCUT2D eigenvalue weighted by Crippen LogP contribution is 2.17. The number of aromatic nitrogens is 2. The first kappa shape index (κ1) is 13.5. The van der Waals surface area contributed by atoms with E-state index in [1.165, 1.54) is 6.20 Å². The molecule has 0 N–H and O–H groups in total. The zero-order valence-electron chi connectivity index (χ0n) is 9.40. The molecule has 0 spiro atoms. The summed E-state index contributed by atoms with van der Waals surface area (Å²) in [5, 5.41) is 4.48. The van der Waals surface area contributed by atoms with Crippen molar-refractivity contribution in [3.63, 3.8) is 0 Å². The maximum Gasteiger partial charge on any atom is 0.183 e. The van der Waals surface area contributed by atoms with Crippen LogP contribution >= 0.6 is 23.4 Å². The molecule has 0 bridgehead atoms. The Balaban J connectivity index is 2.75. The fraction of sp³-hybridized carbons (Fsp3) is 0.600. The average Bonchev–Trinajstić information content (AvgIpc) is 2.64. The highest BCUT2D eigenvalue weighted by molar-refractivity contribution is 7.98. The van der Waals surface area contributed by atoms with Gasteiger partial charge in [-0.05, 0) is 6.26 Å². The van der Waals surface area contributed by atoms with Crippen LogP contribution in [0.15, 0.2) is 6.20 Å². The van der Waals surface area contributed by atoms with Gasteiger partial charge in [-0.1, -0.05) is 11.6 Å². The van der Waals surface area contributed by atoms with E-state index in [1.807, 2.05) is 6.26 Å². The highest BCUT2D eigenvalue weighted by Gasteiger charge is 2.16. The summed E-state index contributed by atoms with van der Waals surface area (Å²) >= 11 is 7.58. The second-order valence-electron chi connectivity index (χ2n) is 3.22. The largest absolute Gasteiger partial charge is 0.383 e. The molecule has 0 radical (unpaired) electrons. The Kier molecular flexibility index (Phi) is 5.87. The summed E-state index contributed by atoms with van der Waals surface area (Å²) in [5.74, 6) is 0.831. The minimum absolute atomic E-state index is 0.0351. The summed E-state index contributed by atoms with van der Waals surface area (Å²) < 4.78 is 6.56. The first-order valence-corrected chi connectivity index (χ1v) is 6.70. The van der Waals surface area contributed by atoms with Gasteiger partial charge in [0.05, 0.1) is 24.4 Å².